The topological polar surface area (TPSA) is 84.2 Å². The fourth-order valence-electron chi connectivity index (χ4n) is 1.87. The summed E-state index contributed by atoms with van der Waals surface area (Å²) in [4.78, 5) is -0.232. The normalized spacial score (nSPS) is 11.7. The van der Waals surface area contributed by atoms with Gasteiger partial charge < -0.3 is 5.11 Å². The number of nitrogens with one attached hydrogen (secondary N) is 1. The van der Waals surface area contributed by atoms with Gasteiger partial charge in [0.25, 0.3) is 0 Å². The predicted octanol–water partition coefficient (Wildman–Crippen LogP) is 0.883. The largest absolute Gasteiger partial charge is 0.392 e. The molecule has 1 heterocycles. The molecule has 0 unspecified atom stereocenters. The van der Waals surface area contributed by atoms with Crippen molar-refractivity contribution in [1.29, 1.82) is 0 Å². The molecule has 2 N–H and O–H groups in total. The zero-order chi connectivity index (χ0) is 15.3. The zero-order valence-electron chi connectivity index (χ0n) is 11.2. The van der Waals surface area contributed by atoms with E-state index in [2.05, 4.69) is 9.82 Å². The molecule has 114 valence electrons. The van der Waals surface area contributed by atoms with Crippen molar-refractivity contribution in [2.45, 2.75) is 24.5 Å². The smallest absolute Gasteiger partial charge is 0.241 e. The molecular formula is C13H16FN3O3S. The van der Waals surface area contributed by atoms with Crippen LogP contribution in [0.5, 0.6) is 0 Å². The Morgan fingerprint density at radius 1 is 1.38 bits per heavy atom. The molecule has 8 heteroatoms. The van der Waals surface area contributed by atoms with Gasteiger partial charge in [-0.15, -0.1) is 0 Å². The molecule has 21 heavy (non-hydrogen) atoms. The second-order valence-electron chi connectivity index (χ2n) is 4.43. The summed E-state index contributed by atoms with van der Waals surface area (Å²) in [5.74, 6) is -0.663. The Bertz CT molecular complexity index is 687. The Hall–Kier alpha value is -1.77. The van der Waals surface area contributed by atoms with Crippen molar-refractivity contribution in [3.05, 3.63) is 48.0 Å². The van der Waals surface area contributed by atoms with Crippen LogP contribution < -0.4 is 4.72 Å². The maximum absolute atomic E-state index is 13.2. The Kier molecular flexibility index (Phi) is 5.05. The Morgan fingerprint density at radius 2 is 2.19 bits per heavy atom. The fourth-order valence-corrected chi connectivity index (χ4v) is 3.18. The summed E-state index contributed by atoms with van der Waals surface area (Å²) in [7, 11) is -3.85. The summed E-state index contributed by atoms with van der Waals surface area (Å²) in [6.45, 7) is 0.304. The van der Waals surface area contributed by atoms with Crippen molar-refractivity contribution in [2.24, 2.45) is 0 Å². The maximum Gasteiger partial charge on any atom is 0.241 e. The molecule has 0 saturated carbocycles. The van der Waals surface area contributed by atoms with E-state index in [4.69, 9.17) is 5.11 Å². The number of aromatic nitrogens is 2. The number of nitrogens with zero attached hydrogens (tertiary/aromatic N) is 2. The number of aliphatic hydroxyl groups excluding tert-OH is 1. The van der Waals surface area contributed by atoms with Crippen LogP contribution in [-0.2, 0) is 23.2 Å². The zero-order valence-corrected chi connectivity index (χ0v) is 12.1. The lowest BCUT2D eigenvalue weighted by Gasteiger charge is -2.10. The van der Waals surface area contributed by atoms with Gasteiger partial charge in [0.2, 0.25) is 10.0 Å². The van der Waals surface area contributed by atoms with E-state index in [1.54, 1.807) is 23.1 Å². The second kappa shape index (κ2) is 6.79. The van der Waals surface area contributed by atoms with E-state index in [0.717, 1.165) is 12.1 Å². The van der Waals surface area contributed by atoms with E-state index in [1.165, 1.54) is 6.07 Å². The average Bonchev–Trinajstić information content (AvgIpc) is 2.97. The molecule has 6 nitrogen and oxygen atoms in total. The highest BCUT2D eigenvalue weighted by molar-refractivity contribution is 7.89. The van der Waals surface area contributed by atoms with Crippen LogP contribution in [0.25, 0.3) is 0 Å². The summed E-state index contributed by atoms with van der Waals surface area (Å²) in [5.41, 5.74) is 0.163. The van der Waals surface area contributed by atoms with Gasteiger partial charge in [0, 0.05) is 25.5 Å². The molecule has 0 aliphatic carbocycles. The van der Waals surface area contributed by atoms with Gasteiger partial charge in [-0.05, 0) is 30.2 Å². The van der Waals surface area contributed by atoms with Gasteiger partial charge in [-0.3, -0.25) is 4.68 Å². The first kappa shape index (κ1) is 15.6. The van der Waals surface area contributed by atoms with E-state index in [0.29, 0.717) is 13.0 Å². The van der Waals surface area contributed by atoms with Gasteiger partial charge >= 0.3 is 0 Å². The fraction of sp³-hybridized carbons (Fsp3) is 0.308. The number of hydrogen-bond acceptors (Lipinski definition) is 4. The SMILES string of the molecule is O=S(=O)(NCCCn1cccn1)c1cc(F)ccc1CO. The van der Waals surface area contributed by atoms with Crippen LogP contribution in [0.15, 0.2) is 41.6 Å². The molecule has 0 atom stereocenters. The molecular weight excluding hydrogens is 297 g/mol. The van der Waals surface area contributed by atoms with Crippen LogP contribution in [0, 0.1) is 5.82 Å². The molecule has 0 aliphatic heterocycles. The van der Waals surface area contributed by atoms with Crippen LogP contribution in [0.2, 0.25) is 0 Å². The van der Waals surface area contributed by atoms with Crippen molar-refractivity contribution < 1.29 is 17.9 Å². The number of aliphatic hydroxyl groups is 1. The second-order valence-corrected chi connectivity index (χ2v) is 6.17. The molecule has 0 saturated heterocycles. The lowest BCUT2D eigenvalue weighted by molar-refractivity contribution is 0.278. The molecule has 1 aromatic carbocycles. The van der Waals surface area contributed by atoms with Gasteiger partial charge in [0.05, 0.1) is 11.5 Å². The minimum atomic E-state index is -3.85. The van der Waals surface area contributed by atoms with Crippen LogP contribution in [0.1, 0.15) is 12.0 Å². The van der Waals surface area contributed by atoms with E-state index in [-0.39, 0.29) is 17.0 Å². The van der Waals surface area contributed by atoms with Crippen LogP contribution in [-0.4, -0.2) is 29.8 Å². The first-order valence-corrected chi connectivity index (χ1v) is 7.87. The number of benzene rings is 1. The molecule has 2 rings (SSSR count). The molecule has 0 radical (unpaired) electrons. The van der Waals surface area contributed by atoms with Gasteiger partial charge in [0.15, 0.2) is 0 Å². The number of rotatable bonds is 7. The van der Waals surface area contributed by atoms with E-state index >= 15 is 0 Å². The average molecular weight is 313 g/mol. The quantitative estimate of drug-likeness (QED) is 0.743. The van der Waals surface area contributed by atoms with Crippen molar-refractivity contribution in [3.63, 3.8) is 0 Å². The van der Waals surface area contributed by atoms with E-state index < -0.39 is 22.4 Å². The lowest BCUT2D eigenvalue weighted by atomic mass is 10.2. The number of hydrogen-bond donors (Lipinski definition) is 2. The molecule has 0 aliphatic rings. The molecule has 0 fully saturated rings. The maximum atomic E-state index is 13.2. The molecule has 0 amide bonds. The standard InChI is InChI=1S/C13H16FN3O3S/c14-12-4-3-11(10-18)13(9-12)21(19,20)16-6-2-8-17-7-1-5-15-17/h1,3-5,7,9,16,18H,2,6,8,10H2. The van der Waals surface area contributed by atoms with Crippen LogP contribution >= 0.6 is 0 Å². The summed E-state index contributed by atoms with van der Waals surface area (Å²) < 4.78 is 41.5. The van der Waals surface area contributed by atoms with E-state index in [9.17, 15) is 12.8 Å². The predicted molar refractivity (Wildman–Crippen MR) is 74.4 cm³/mol. The highest BCUT2D eigenvalue weighted by Crippen LogP contribution is 2.17. The van der Waals surface area contributed by atoms with Crippen molar-refractivity contribution in [3.8, 4) is 0 Å². The molecule has 1 aromatic heterocycles. The van der Waals surface area contributed by atoms with Gasteiger partial charge in [0.1, 0.15) is 5.82 Å². The first-order chi connectivity index (χ1) is 10.0. The van der Waals surface area contributed by atoms with Crippen molar-refractivity contribution in [1.82, 2.24) is 14.5 Å². The third-order valence-corrected chi connectivity index (χ3v) is 4.45. The van der Waals surface area contributed by atoms with Crippen LogP contribution in [0.4, 0.5) is 4.39 Å². The number of halogens is 1. The van der Waals surface area contributed by atoms with Gasteiger partial charge in [-0.2, -0.15) is 5.10 Å². The van der Waals surface area contributed by atoms with Gasteiger partial charge in [-0.1, -0.05) is 6.07 Å². The van der Waals surface area contributed by atoms with Crippen LogP contribution in [0.3, 0.4) is 0 Å². The Labute approximate surface area is 122 Å². The van der Waals surface area contributed by atoms with Crippen molar-refractivity contribution in [2.75, 3.05) is 6.54 Å². The van der Waals surface area contributed by atoms with Gasteiger partial charge in [-0.25, -0.2) is 17.5 Å². The first-order valence-electron chi connectivity index (χ1n) is 6.39. The monoisotopic (exact) mass is 313 g/mol. The Balaban J connectivity index is 1.99. The number of aryl methyl sites for hydroxylation is 1. The number of sulfonamides is 1. The summed E-state index contributed by atoms with van der Waals surface area (Å²) >= 11 is 0. The molecule has 0 bridgehead atoms. The summed E-state index contributed by atoms with van der Waals surface area (Å²) in [5, 5.41) is 13.1. The van der Waals surface area contributed by atoms with E-state index in [1.807, 2.05) is 0 Å². The lowest BCUT2D eigenvalue weighted by Crippen LogP contribution is -2.26. The highest BCUT2D eigenvalue weighted by Gasteiger charge is 2.18. The summed E-state index contributed by atoms with van der Waals surface area (Å²) in [6, 6.07) is 5.06. The molecule has 0 spiro atoms. The molecule has 2 aromatic rings. The highest BCUT2D eigenvalue weighted by atomic mass is 32.2. The van der Waals surface area contributed by atoms with Crippen molar-refractivity contribution >= 4 is 10.0 Å². The summed E-state index contributed by atoms with van der Waals surface area (Å²) in [6.07, 6.45) is 3.97. The minimum absolute atomic E-state index is 0.163. The third kappa shape index (κ3) is 4.10. The third-order valence-electron chi connectivity index (χ3n) is 2.90. The Morgan fingerprint density at radius 3 is 2.86 bits per heavy atom. The minimum Gasteiger partial charge on any atom is -0.392 e.